The minimum Gasteiger partial charge on any atom is -0.487 e. The average Bonchev–Trinajstić information content (AvgIpc) is 3.15. The molecule has 176 valence electrons. The zero-order chi connectivity index (χ0) is 23.4. The molecular formula is C25H31N3O5. The summed E-state index contributed by atoms with van der Waals surface area (Å²) in [6.45, 7) is 0.563. The SMILES string of the molecule is CN(C)CC(=O)Nc1ccc2c(c1)[C@H]1C[C@@H](CC(=O)NCc3ccccc3)O[C@H](CO)[C@H]1O2. The van der Waals surface area contributed by atoms with Gasteiger partial charge in [0.25, 0.3) is 0 Å². The number of likely N-dealkylation sites (N-methyl/N-ethyl adjacent to an activating group) is 1. The lowest BCUT2D eigenvalue weighted by Crippen LogP contribution is -2.47. The topological polar surface area (TPSA) is 100 Å². The highest BCUT2D eigenvalue weighted by molar-refractivity contribution is 5.92. The molecule has 2 aliphatic rings. The maximum atomic E-state index is 12.5. The fourth-order valence-corrected chi connectivity index (χ4v) is 4.53. The standard InChI is InChI=1S/C25H31N3O5/c1-28(2)14-24(31)27-17-8-9-21-19(10-17)20-11-18(32-22(15-29)25(20)33-21)12-23(30)26-13-16-6-4-3-5-7-16/h3-10,18,20,22,25,29H,11-15H2,1-2H3,(H,26,30)(H,27,31)/t18-,20+,22+,25-/m0/s1. The zero-order valence-corrected chi connectivity index (χ0v) is 19.0. The van der Waals surface area contributed by atoms with Crippen LogP contribution in [-0.4, -0.2) is 67.4 Å². The molecule has 2 aromatic carbocycles. The van der Waals surface area contributed by atoms with Crippen molar-refractivity contribution in [1.82, 2.24) is 10.2 Å². The predicted molar refractivity (Wildman–Crippen MR) is 124 cm³/mol. The molecule has 0 unspecified atom stereocenters. The number of nitrogens with one attached hydrogen (secondary N) is 2. The second-order valence-electron chi connectivity index (χ2n) is 8.91. The zero-order valence-electron chi connectivity index (χ0n) is 19.0. The Kier molecular flexibility index (Phi) is 7.27. The minimum absolute atomic E-state index is 0.0245. The Morgan fingerprint density at radius 3 is 2.64 bits per heavy atom. The van der Waals surface area contributed by atoms with E-state index in [2.05, 4.69) is 10.6 Å². The molecule has 8 nitrogen and oxygen atoms in total. The molecular weight excluding hydrogens is 422 g/mol. The second kappa shape index (κ2) is 10.3. The molecule has 4 atom stereocenters. The monoisotopic (exact) mass is 453 g/mol. The van der Waals surface area contributed by atoms with E-state index in [1.807, 2.05) is 62.6 Å². The van der Waals surface area contributed by atoms with Crippen molar-refractivity contribution < 1.29 is 24.2 Å². The number of nitrogens with zero attached hydrogens (tertiary/aromatic N) is 1. The van der Waals surface area contributed by atoms with Crippen molar-refractivity contribution in [2.75, 3.05) is 32.6 Å². The Labute approximate surface area is 193 Å². The van der Waals surface area contributed by atoms with E-state index in [9.17, 15) is 14.7 Å². The van der Waals surface area contributed by atoms with Gasteiger partial charge < -0.3 is 30.1 Å². The van der Waals surface area contributed by atoms with Crippen LogP contribution in [0.25, 0.3) is 0 Å². The lowest BCUT2D eigenvalue weighted by Gasteiger charge is -2.37. The molecule has 0 spiro atoms. The first-order valence-corrected chi connectivity index (χ1v) is 11.2. The summed E-state index contributed by atoms with van der Waals surface area (Å²) in [7, 11) is 3.68. The number of carbonyl (C=O) groups excluding carboxylic acids is 2. The summed E-state index contributed by atoms with van der Waals surface area (Å²) in [6.07, 6.45) is -0.361. The van der Waals surface area contributed by atoms with Gasteiger partial charge in [-0.1, -0.05) is 30.3 Å². The third-order valence-electron chi connectivity index (χ3n) is 5.99. The summed E-state index contributed by atoms with van der Waals surface area (Å²) in [5, 5.41) is 15.8. The largest absolute Gasteiger partial charge is 0.487 e. The Bertz CT molecular complexity index is 981. The minimum atomic E-state index is -0.519. The summed E-state index contributed by atoms with van der Waals surface area (Å²) in [5.74, 6) is 0.516. The van der Waals surface area contributed by atoms with Crippen LogP contribution in [0.1, 0.15) is 29.9 Å². The van der Waals surface area contributed by atoms with E-state index < -0.39 is 6.10 Å². The summed E-state index contributed by atoms with van der Waals surface area (Å²) in [6, 6.07) is 15.3. The van der Waals surface area contributed by atoms with E-state index in [0.29, 0.717) is 25.2 Å². The molecule has 2 heterocycles. The molecule has 2 amide bonds. The van der Waals surface area contributed by atoms with Crippen LogP contribution in [-0.2, 0) is 20.9 Å². The van der Waals surface area contributed by atoms with Crippen LogP contribution in [0.4, 0.5) is 5.69 Å². The quantitative estimate of drug-likeness (QED) is 0.565. The lowest BCUT2D eigenvalue weighted by molar-refractivity contribution is -0.142. The molecule has 0 aliphatic carbocycles. The summed E-state index contributed by atoms with van der Waals surface area (Å²) >= 11 is 0. The molecule has 8 heteroatoms. The van der Waals surface area contributed by atoms with Gasteiger partial charge in [-0.2, -0.15) is 0 Å². The van der Waals surface area contributed by atoms with Gasteiger partial charge in [-0.15, -0.1) is 0 Å². The number of benzene rings is 2. The van der Waals surface area contributed by atoms with Crippen LogP contribution in [0.15, 0.2) is 48.5 Å². The van der Waals surface area contributed by atoms with E-state index in [4.69, 9.17) is 9.47 Å². The highest BCUT2D eigenvalue weighted by atomic mass is 16.6. The van der Waals surface area contributed by atoms with Crippen LogP contribution >= 0.6 is 0 Å². The van der Waals surface area contributed by atoms with Crippen LogP contribution in [0, 0.1) is 0 Å². The van der Waals surface area contributed by atoms with E-state index in [-0.39, 0.29) is 43.0 Å². The maximum Gasteiger partial charge on any atom is 0.238 e. The van der Waals surface area contributed by atoms with Gasteiger partial charge in [0.15, 0.2) is 0 Å². The van der Waals surface area contributed by atoms with E-state index in [1.165, 1.54) is 0 Å². The molecule has 0 aromatic heterocycles. The number of fused-ring (bicyclic) bond motifs is 3. The number of rotatable bonds is 8. The van der Waals surface area contributed by atoms with Crippen molar-refractivity contribution in [2.45, 2.75) is 43.6 Å². The van der Waals surface area contributed by atoms with Crippen LogP contribution in [0.2, 0.25) is 0 Å². The number of ether oxygens (including phenoxy) is 2. The van der Waals surface area contributed by atoms with Gasteiger partial charge in [0.05, 0.1) is 25.7 Å². The van der Waals surface area contributed by atoms with Crippen molar-refractivity contribution >= 4 is 17.5 Å². The number of carbonyl (C=O) groups is 2. The Balaban J connectivity index is 1.42. The molecule has 2 aliphatic heterocycles. The third kappa shape index (κ3) is 5.71. The first kappa shape index (κ1) is 23.2. The first-order chi connectivity index (χ1) is 15.9. The van der Waals surface area contributed by atoms with Crippen molar-refractivity contribution in [3.8, 4) is 5.75 Å². The molecule has 0 radical (unpaired) electrons. The van der Waals surface area contributed by atoms with Gasteiger partial charge in [0.2, 0.25) is 11.8 Å². The van der Waals surface area contributed by atoms with Crippen LogP contribution < -0.4 is 15.4 Å². The maximum absolute atomic E-state index is 12.5. The molecule has 33 heavy (non-hydrogen) atoms. The molecule has 0 saturated carbocycles. The number of anilines is 1. The molecule has 1 fully saturated rings. The van der Waals surface area contributed by atoms with Crippen molar-refractivity contribution in [3.63, 3.8) is 0 Å². The Morgan fingerprint density at radius 2 is 1.91 bits per heavy atom. The van der Waals surface area contributed by atoms with E-state index >= 15 is 0 Å². The number of hydrogen-bond donors (Lipinski definition) is 3. The molecule has 1 saturated heterocycles. The Morgan fingerprint density at radius 1 is 1.12 bits per heavy atom. The van der Waals surface area contributed by atoms with Crippen LogP contribution in [0.3, 0.4) is 0 Å². The third-order valence-corrected chi connectivity index (χ3v) is 5.99. The molecule has 3 N–H and O–H groups in total. The predicted octanol–water partition coefficient (Wildman–Crippen LogP) is 1.89. The van der Waals surface area contributed by atoms with Gasteiger partial charge >= 0.3 is 0 Å². The van der Waals surface area contributed by atoms with Crippen molar-refractivity contribution in [2.24, 2.45) is 0 Å². The normalized spacial score (nSPS) is 23.4. The number of aliphatic hydroxyl groups excluding tert-OH is 1. The average molecular weight is 454 g/mol. The fourth-order valence-electron chi connectivity index (χ4n) is 4.53. The molecule has 0 bridgehead atoms. The second-order valence-corrected chi connectivity index (χ2v) is 8.91. The number of hydrogen-bond acceptors (Lipinski definition) is 6. The first-order valence-electron chi connectivity index (χ1n) is 11.2. The Hall–Kier alpha value is -2.94. The lowest BCUT2D eigenvalue weighted by atomic mass is 9.84. The van der Waals surface area contributed by atoms with Crippen molar-refractivity contribution in [3.05, 3.63) is 59.7 Å². The molecule has 4 rings (SSSR count). The fraction of sp³-hybridized carbons (Fsp3) is 0.440. The van der Waals surface area contributed by atoms with Crippen molar-refractivity contribution in [1.29, 1.82) is 0 Å². The smallest absolute Gasteiger partial charge is 0.238 e. The molecule has 2 aromatic rings. The van der Waals surface area contributed by atoms with E-state index in [0.717, 1.165) is 16.9 Å². The number of aliphatic hydroxyl groups is 1. The van der Waals surface area contributed by atoms with Gasteiger partial charge in [0.1, 0.15) is 18.0 Å². The van der Waals surface area contributed by atoms with E-state index in [1.54, 1.807) is 4.90 Å². The van der Waals surface area contributed by atoms with Gasteiger partial charge in [-0.3, -0.25) is 9.59 Å². The summed E-state index contributed by atoms with van der Waals surface area (Å²) in [4.78, 5) is 26.5. The highest BCUT2D eigenvalue weighted by Gasteiger charge is 2.46. The summed E-state index contributed by atoms with van der Waals surface area (Å²) in [5.41, 5.74) is 2.71. The number of amides is 2. The summed E-state index contributed by atoms with van der Waals surface area (Å²) < 4.78 is 12.1. The highest BCUT2D eigenvalue weighted by Crippen LogP contribution is 2.47. The van der Waals surface area contributed by atoms with Gasteiger partial charge in [-0.05, 0) is 44.3 Å². The van der Waals surface area contributed by atoms with Gasteiger partial charge in [0, 0.05) is 23.7 Å². The van der Waals surface area contributed by atoms with Crippen LogP contribution in [0.5, 0.6) is 5.75 Å². The van der Waals surface area contributed by atoms with Gasteiger partial charge in [-0.25, -0.2) is 0 Å².